The zero-order chi connectivity index (χ0) is 13.4. The number of nitrogens with one attached hydrogen (secondary N) is 1. The maximum Gasteiger partial charge on any atom is 0.174 e. The number of nitrogens with zero attached hydrogens (tertiary/aromatic N) is 1. The van der Waals surface area contributed by atoms with Crippen molar-refractivity contribution in [2.45, 2.75) is 32.4 Å². The Bertz CT molecular complexity index is 439. The Kier molecular flexibility index (Phi) is 5.77. The van der Waals surface area contributed by atoms with E-state index in [-0.39, 0.29) is 12.6 Å². The van der Waals surface area contributed by atoms with Gasteiger partial charge in [0.2, 0.25) is 0 Å². The molecular formula is C15H18N2O. The third-order valence-corrected chi connectivity index (χ3v) is 2.64. The van der Waals surface area contributed by atoms with E-state index in [1.165, 1.54) is 5.56 Å². The molecule has 2 atom stereocenters. The molecule has 3 nitrogen and oxygen atoms in total. The molecule has 2 unspecified atom stereocenters. The SMILES string of the molecule is C#CCC(C)NC(C)c1ccc(OCC#N)cc1. The van der Waals surface area contributed by atoms with Crippen LogP contribution in [0.25, 0.3) is 0 Å². The van der Waals surface area contributed by atoms with Crippen LogP contribution in [0, 0.1) is 23.7 Å². The molecule has 0 radical (unpaired) electrons. The van der Waals surface area contributed by atoms with Gasteiger partial charge in [-0.05, 0) is 31.5 Å². The van der Waals surface area contributed by atoms with Crippen LogP contribution in [0.1, 0.15) is 31.9 Å². The van der Waals surface area contributed by atoms with Crippen molar-refractivity contribution < 1.29 is 4.74 Å². The smallest absolute Gasteiger partial charge is 0.174 e. The van der Waals surface area contributed by atoms with E-state index in [0.717, 1.165) is 0 Å². The summed E-state index contributed by atoms with van der Waals surface area (Å²) in [6.45, 7) is 4.24. The predicted molar refractivity (Wildman–Crippen MR) is 72.0 cm³/mol. The Hall–Kier alpha value is -1.97. The molecule has 0 aliphatic heterocycles. The molecule has 0 bridgehead atoms. The van der Waals surface area contributed by atoms with Crippen LogP contribution >= 0.6 is 0 Å². The summed E-state index contributed by atoms with van der Waals surface area (Å²) in [5.41, 5.74) is 1.17. The van der Waals surface area contributed by atoms with Crippen molar-refractivity contribution >= 4 is 0 Å². The summed E-state index contributed by atoms with van der Waals surface area (Å²) < 4.78 is 5.20. The van der Waals surface area contributed by atoms with E-state index in [1.807, 2.05) is 30.3 Å². The summed E-state index contributed by atoms with van der Waals surface area (Å²) in [6.07, 6.45) is 5.99. The van der Waals surface area contributed by atoms with E-state index in [9.17, 15) is 0 Å². The Labute approximate surface area is 109 Å². The fourth-order valence-electron chi connectivity index (χ4n) is 1.73. The zero-order valence-corrected chi connectivity index (χ0v) is 10.8. The number of terminal acetylenes is 1. The Morgan fingerprint density at radius 2 is 2.00 bits per heavy atom. The molecule has 3 heteroatoms. The maximum atomic E-state index is 8.42. The molecule has 0 saturated carbocycles. The minimum Gasteiger partial charge on any atom is -0.479 e. The van der Waals surface area contributed by atoms with Gasteiger partial charge in [-0.3, -0.25) is 0 Å². The number of benzene rings is 1. The molecule has 0 heterocycles. The van der Waals surface area contributed by atoms with E-state index in [0.29, 0.717) is 18.2 Å². The van der Waals surface area contributed by atoms with Crippen LogP contribution < -0.4 is 10.1 Å². The van der Waals surface area contributed by atoms with Crippen molar-refractivity contribution in [2.24, 2.45) is 0 Å². The molecule has 18 heavy (non-hydrogen) atoms. The maximum absolute atomic E-state index is 8.42. The van der Waals surface area contributed by atoms with E-state index < -0.39 is 0 Å². The summed E-state index contributed by atoms with van der Waals surface area (Å²) in [4.78, 5) is 0. The standard InChI is InChI=1S/C15H18N2O/c1-4-5-12(2)17-13(3)14-6-8-15(9-7-14)18-11-10-16/h1,6-9,12-13,17H,5,11H2,2-3H3. The molecule has 0 fully saturated rings. The predicted octanol–water partition coefficient (Wildman–Crippen LogP) is 2.65. The Morgan fingerprint density at radius 3 is 2.56 bits per heavy atom. The topological polar surface area (TPSA) is 45.0 Å². The van der Waals surface area contributed by atoms with Crippen LogP contribution in [-0.2, 0) is 0 Å². The van der Waals surface area contributed by atoms with Crippen LogP contribution in [0.2, 0.25) is 0 Å². The highest BCUT2D eigenvalue weighted by Crippen LogP contribution is 2.18. The average molecular weight is 242 g/mol. The lowest BCUT2D eigenvalue weighted by Crippen LogP contribution is -2.28. The molecule has 0 saturated heterocycles. The highest BCUT2D eigenvalue weighted by atomic mass is 16.5. The summed E-state index contributed by atoms with van der Waals surface area (Å²) >= 11 is 0. The number of hydrogen-bond acceptors (Lipinski definition) is 3. The second-order valence-corrected chi connectivity index (χ2v) is 4.21. The number of rotatable bonds is 6. The van der Waals surface area contributed by atoms with E-state index in [2.05, 4.69) is 25.1 Å². The van der Waals surface area contributed by atoms with Gasteiger partial charge < -0.3 is 10.1 Å². The van der Waals surface area contributed by atoms with Gasteiger partial charge in [0.15, 0.2) is 6.61 Å². The van der Waals surface area contributed by atoms with Gasteiger partial charge in [-0.1, -0.05) is 12.1 Å². The first-order valence-corrected chi connectivity index (χ1v) is 5.96. The van der Waals surface area contributed by atoms with Crippen LogP contribution in [0.4, 0.5) is 0 Å². The fourth-order valence-corrected chi connectivity index (χ4v) is 1.73. The molecule has 0 aliphatic rings. The molecule has 0 spiro atoms. The highest BCUT2D eigenvalue weighted by molar-refractivity contribution is 5.29. The van der Waals surface area contributed by atoms with E-state index >= 15 is 0 Å². The van der Waals surface area contributed by atoms with Crippen LogP contribution in [-0.4, -0.2) is 12.6 Å². The van der Waals surface area contributed by atoms with Crippen molar-refractivity contribution in [3.05, 3.63) is 29.8 Å². The Morgan fingerprint density at radius 1 is 1.33 bits per heavy atom. The lowest BCUT2D eigenvalue weighted by molar-refractivity contribution is 0.368. The van der Waals surface area contributed by atoms with Crippen molar-refractivity contribution in [3.63, 3.8) is 0 Å². The van der Waals surface area contributed by atoms with Crippen LogP contribution in [0.3, 0.4) is 0 Å². The molecular weight excluding hydrogens is 224 g/mol. The van der Waals surface area contributed by atoms with Gasteiger partial charge in [-0.2, -0.15) is 5.26 Å². The van der Waals surface area contributed by atoms with Gasteiger partial charge in [0.25, 0.3) is 0 Å². The van der Waals surface area contributed by atoms with E-state index in [1.54, 1.807) is 0 Å². The number of ether oxygens (including phenoxy) is 1. The minimum absolute atomic E-state index is 0.0757. The van der Waals surface area contributed by atoms with Gasteiger partial charge >= 0.3 is 0 Å². The lowest BCUT2D eigenvalue weighted by Gasteiger charge is -2.19. The first kappa shape index (κ1) is 14.1. The van der Waals surface area contributed by atoms with Gasteiger partial charge in [0.1, 0.15) is 11.8 Å². The third kappa shape index (κ3) is 4.49. The fraction of sp³-hybridized carbons (Fsp3) is 0.400. The van der Waals surface area contributed by atoms with Crippen molar-refractivity contribution in [1.82, 2.24) is 5.32 Å². The summed E-state index contributed by atoms with van der Waals surface area (Å²) in [5, 5.41) is 11.8. The largest absolute Gasteiger partial charge is 0.479 e. The molecule has 1 aromatic carbocycles. The number of nitriles is 1. The van der Waals surface area contributed by atoms with Crippen molar-refractivity contribution in [1.29, 1.82) is 5.26 Å². The first-order valence-electron chi connectivity index (χ1n) is 5.96. The molecule has 0 aromatic heterocycles. The van der Waals surface area contributed by atoms with Crippen LogP contribution in [0.15, 0.2) is 24.3 Å². The normalized spacial score (nSPS) is 13.1. The minimum atomic E-state index is 0.0757. The lowest BCUT2D eigenvalue weighted by atomic mass is 10.1. The highest BCUT2D eigenvalue weighted by Gasteiger charge is 2.08. The van der Waals surface area contributed by atoms with Crippen molar-refractivity contribution in [2.75, 3.05) is 6.61 Å². The second kappa shape index (κ2) is 7.37. The monoisotopic (exact) mass is 242 g/mol. The van der Waals surface area contributed by atoms with Crippen molar-refractivity contribution in [3.8, 4) is 24.2 Å². The van der Waals surface area contributed by atoms with Gasteiger partial charge in [0.05, 0.1) is 0 Å². The molecule has 1 N–H and O–H groups in total. The molecule has 94 valence electrons. The average Bonchev–Trinajstić information content (AvgIpc) is 2.37. The van der Waals surface area contributed by atoms with Gasteiger partial charge in [-0.15, -0.1) is 12.3 Å². The molecule has 1 rings (SSSR count). The second-order valence-electron chi connectivity index (χ2n) is 4.21. The zero-order valence-electron chi connectivity index (χ0n) is 10.8. The van der Waals surface area contributed by atoms with Gasteiger partial charge in [-0.25, -0.2) is 0 Å². The third-order valence-electron chi connectivity index (χ3n) is 2.64. The van der Waals surface area contributed by atoms with E-state index in [4.69, 9.17) is 16.4 Å². The summed E-state index contributed by atoms with van der Waals surface area (Å²) in [6, 6.07) is 10.2. The van der Waals surface area contributed by atoms with Gasteiger partial charge in [0, 0.05) is 18.5 Å². The molecule has 0 aliphatic carbocycles. The van der Waals surface area contributed by atoms with Crippen LogP contribution in [0.5, 0.6) is 5.75 Å². The first-order chi connectivity index (χ1) is 8.67. The number of hydrogen-bond donors (Lipinski definition) is 1. The quantitative estimate of drug-likeness (QED) is 0.780. The summed E-state index contributed by atoms with van der Waals surface area (Å²) in [5.74, 6) is 3.36. The molecule has 1 aromatic rings. The Balaban J connectivity index is 2.56. The summed E-state index contributed by atoms with van der Waals surface area (Å²) in [7, 11) is 0. The molecule has 0 amide bonds.